The van der Waals surface area contributed by atoms with Crippen LogP contribution in [0.25, 0.3) is 10.9 Å². The summed E-state index contributed by atoms with van der Waals surface area (Å²) < 4.78 is 7.00. The Morgan fingerprint density at radius 2 is 1.87 bits per heavy atom. The van der Waals surface area contributed by atoms with E-state index < -0.39 is 0 Å². The van der Waals surface area contributed by atoms with Gasteiger partial charge in [-0.15, -0.1) is 0 Å². The summed E-state index contributed by atoms with van der Waals surface area (Å²) in [5.74, 6) is -0.464. The van der Waals surface area contributed by atoms with E-state index in [1.165, 1.54) is 5.56 Å². The van der Waals surface area contributed by atoms with Crippen molar-refractivity contribution in [2.75, 3.05) is 6.61 Å². The summed E-state index contributed by atoms with van der Waals surface area (Å²) >= 11 is 0. The normalized spacial score (nSPS) is 11.2. The molecule has 2 aromatic carbocycles. The van der Waals surface area contributed by atoms with Crippen LogP contribution in [-0.2, 0) is 27.3 Å². The lowest BCUT2D eigenvalue weighted by atomic mass is 10.0. The van der Waals surface area contributed by atoms with Crippen molar-refractivity contribution in [1.82, 2.24) is 9.99 Å². The molecule has 0 aliphatic rings. The third-order valence-electron chi connectivity index (χ3n) is 5.19. The Kier molecular flexibility index (Phi) is 6.67. The number of hydrazone groups is 1. The molecule has 156 valence electrons. The largest absolute Gasteiger partial charge is 0.465 e. The molecule has 30 heavy (non-hydrogen) atoms. The molecule has 0 saturated heterocycles. The van der Waals surface area contributed by atoms with Gasteiger partial charge in [-0.2, -0.15) is 5.10 Å². The molecule has 1 N–H and O–H groups in total. The molecular weight excluding hydrogens is 378 g/mol. The highest BCUT2D eigenvalue weighted by Gasteiger charge is 2.15. The maximum atomic E-state index is 12.3. The molecule has 0 bridgehead atoms. The fourth-order valence-electron chi connectivity index (χ4n) is 3.47. The number of hydrogen-bond donors (Lipinski definition) is 1. The maximum absolute atomic E-state index is 12.3. The Labute approximate surface area is 176 Å². The van der Waals surface area contributed by atoms with E-state index in [0.29, 0.717) is 6.61 Å². The SMILES string of the molecule is CCOC(=O)Cn1c(C)c(/C=N\NC(=O)Cc2ccc(C)c(C)c2)c2ccccc21. The van der Waals surface area contributed by atoms with E-state index in [4.69, 9.17) is 4.74 Å². The first-order valence-corrected chi connectivity index (χ1v) is 10.0. The summed E-state index contributed by atoms with van der Waals surface area (Å²) in [6.45, 7) is 8.27. The number of carbonyl (C=O) groups excluding carboxylic acids is 2. The zero-order valence-electron chi connectivity index (χ0n) is 17.9. The molecule has 0 atom stereocenters. The number of benzene rings is 2. The van der Waals surface area contributed by atoms with E-state index in [9.17, 15) is 9.59 Å². The van der Waals surface area contributed by atoms with Crippen molar-refractivity contribution in [3.8, 4) is 0 Å². The molecule has 1 heterocycles. The van der Waals surface area contributed by atoms with Crippen LogP contribution in [0.1, 0.15) is 34.9 Å². The van der Waals surface area contributed by atoms with Crippen LogP contribution in [0.15, 0.2) is 47.6 Å². The fourth-order valence-corrected chi connectivity index (χ4v) is 3.47. The summed E-state index contributed by atoms with van der Waals surface area (Å²) in [4.78, 5) is 24.3. The number of esters is 1. The van der Waals surface area contributed by atoms with Gasteiger partial charge in [0.2, 0.25) is 5.91 Å². The molecular formula is C24H27N3O3. The molecule has 1 amide bonds. The molecule has 0 radical (unpaired) electrons. The summed E-state index contributed by atoms with van der Waals surface area (Å²) in [5.41, 5.74) is 8.59. The smallest absolute Gasteiger partial charge is 0.325 e. The molecule has 3 rings (SSSR count). The van der Waals surface area contributed by atoms with Crippen molar-refractivity contribution in [1.29, 1.82) is 0 Å². The van der Waals surface area contributed by atoms with Crippen molar-refractivity contribution in [3.63, 3.8) is 0 Å². The number of fused-ring (bicyclic) bond motifs is 1. The van der Waals surface area contributed by atoms with Crippen LogP contribution >= 0.6 is 0 Å². The summed E-state index contributed by atoms with van der Waals surface area (Å²) in [7, 11) is 0. The van der Waals surface area contributed by atoms with Crippen molar-refractivity contribution >= 4 is 29.0 Å². The highest BCUT2D eigenvalue weighted by atomic mass is 16.5. The molecule has 6 heteroatoms. The van der Waals surface area contributed by atoms with Gasteiger partial charge in [-0.25, -0.2) is 5.43 Å². The van der Waals surface area contributed by atoms with Gasteiger partial charge in [-0.1, -0.05) is 36.4 Å². The number of nitrogens with zero attached hydrogens (tertiary/aromatic N) is 2. The number of nitrogens with one attached hydrogen (secondary N) is 1. The van der Waals surface area contributed by atoms with Gasteiger partial charge < -0.3 is 9.30 Å². The molecule has 0 spiro atoms. The third-order valence-corrected chi connectivity index (χ3v) is 5.19. The second kappa shape index (κ2) is 9.39. The Balaban J connectivity index is 1.77. The summed E-state index contributed by atoms with van der Waals surface area (Å²) in [6, 6.07) is 13.8. The van der Waals surface area contributed by atoms with Gasteiger partial charge in [0.15, 0.2) is 0 Å². The predicted octanol–water partition coefficient (Wildman–Crippen LogP) is 3.82. The van der Waals surface area contributed by atoms with Crippen LogP contribution in [0.2, 0.25) is 0 Å². The third kappa shape index (κ3) is 4.76. The lowest BCUT2D eigenvalue weighted by Crippen LogP contribution is -2.20. The van der Waals surface area contributed by atoms with E-state index in [1.54, 1.807) is 13.1 Å². The number of amides is 1. The lowest BCUT2D eigenvalue weighted by Gasteiger charge is -2.07. The molecule has 0 fully saturated rings. The van der Waals surface area contributed by atoms with Crippen LogP contribution in [0.4, 0.5) is 0 Å². The van der Waals surface area contributed by atoms with Crippen molar-refractivity contribution in [2.45, 2.75) is 40.7 Å². The highest BCUT2D eigenvalue weighted by Crippen LogP contribution is 2.24. The van der Waals surface area contributed by atoms with Gasteiger partial charge in [0.05, 0.1) is 19.2 Å². The van der Waals surface area contributed by atoms with E-state index in [0.717, 1.165) is 33.3 Å². The number of aryl methyl sites for hydroxylation is 2. The molecule has 1 aromatic heterocycles. The molecule has 0 aliphatic heterocycles. The van der Waals surface area contributed by atoms with Crippen LogP contribution in [0, 0.1) is 20.8 Å². The second-order valence-corrected chi connectivity index (χ2v) is 7.30. The van der Waals surface area contributed by atoms with Crippen molar-refractivity contribution < 1.29 is 14.3 Å². The van der Waals surface area contributed by atoms with Gasteiger partial charge in [-0.3, -0.25) is 9.59 Å². The van der Waals surface area contributed by atoms with Gasteiger partial charge >= 0.3 is 5.97 Å². The Morgan fingerprint density at radius 3 is 2.60 bits per heavy atom. The van der Waals surface area contributed by atoms with E-state index >= 15 is 0 Å². The van der Waals surface area contributed by atoms with Crippen LogP contribution in [-0.4, -0.2) is 29.3 Å². The standard InChI is InChI=1S/C24H27N3O3/c1-5-30-24(29)15-27-18(4)21(20-8-6-7-9-22(20)27)14-25-26-23(28)13-19-11-10-16(2)17(3)12-19/h6-12,14H,5,13,15H2,1-4H3,(H,26,28)/b25-14-. The average molecular weight is 405 g/mol. The minimum Gasteiger partial charge on any atom is -0.465 e. The van der Waals surface area contributed by atoms with Crippen LogP contribution in [0.5, 0.6) is 0 Å². The van der Waals surface area contributed by atoms with E-state index in [-0.39, 0.29) is 24.8 Å². The van der Waals surface area contributed by atoms with Crippen LogP contribution < -0.4 is 5.43 Å². The minimum atomic E-state index is -0.286. The van der Waals surface area contributed by atoms with Crippen molar-refractivity contribution in [2.24, 2.45) is 5.10 Å². The lowest BCUT2D eigenvalue weighted by molar-refractivity contribution is -0.143. The molecule has 3 aromatic rings. The topological polar surface area (TPSA) is 72.7 Å². The van der Waals surface area contributed by atoms with E-state index in [1.807, 2.05) is 67.8 Å². The number of carbonyl (C=O) groups is 2. The number of para-hydroxylation sites is 1. The quantitative estimate of drug-likeness (QED) is 0.369. The number of ether oxygens (including phenoxy) is 1. The first-order chi connectivity index (χ1) is 14.4. The molecule has 0 saturated carbocycles. The Bertz CT molecular complexity index is 1110. The zero-order chi connectivity index (χ0) is 21.7. The van der Waals surface area contributed by atoms with E-state index in [2.05, 4.69) is 10.5 Å². The first kappa shape index (κ1) is 21.3. The zero-order valence-corrected chi connectivity index (χ0v) is 17.9. The maximum Gasteiger partial charge on any atom is 0.325 e. The number of rotatable bonds is 7. The predicted molar refractivity (Wildman–Crippen MR) is 119 cm³/mol. The highest BCUT2D eigenvalue weighted by molar-refractivity contribution is 6.01. The average Bonchev–Trinajstić information content (AvgIpc) is 2.97. The van der Waals surface area contributed by atoms with Gasteiger partial charge in [0.1, 0.15) is 6.54 Å². The first-order valence-electron chi connectivity index (χ1n) is 10.0. The molecule has 6 nitrogen and oxygen atoms in total. The Hall–Kier alpha value is -3.41. The number of aromatic nitrogens is 1. The summed E-state index contributed by atoms with van der Waals surface area (Å²) in [6.07, 6.45) is 1.90. The monoisotopic (exact) mass is 405 g/mol. The van der Waals surface area contributed by atoms with Gasteiger partial charge in [0, 0.05) is 22.2 Å². The second-order valence-electron chi connectivity index (χ2n) is 7.30. The van der Waals surface area contributed by atoms with Gasteiger partial charge in [0.25, 0.3) is 0 Å². The molecule has 0 unspecified atom stereocenters. The van der Waals surface area contributed by atoms with Crippen LogP contribution in [0.3, 0.4) is 0 Å². The minimum absolute atomic E-state index is 0.132. The Morgan fingerprint density at radius 1 is 1.10 bits per heavy atom. The fraction of sp³-hybridized carbons (Fsp3) is 0.292. The van der Waals surface area contributed by atoms with Gasteiger partial charge in [-0.05, 0) is 50.5 Å². The number of hydrogen-bond acceptors (Lipinski definition) is 4. The molecule has 0 aliphatic carbocycles. The van der Waals surface area contributed by atoms with Crippen molar-refractivity contribution in [3.05, 3.63) is 70.4 Å². The summed E-state index contributed by atoms with van der Waals surface area (Å²) in [5, 5.41) is 5.13.